The molecular formula is C19H31IN4O3. The Kier molecular flexibility index (Phi) is 10.00. The highest BCUT2D eigenvalue weighted by Crippen LogP contribution is 2.30. The molecule has 2 aliphatic heterocycles. The lowest BCUT2D eigenvalue weighted by Gasteiger charge is -2.26. The molecule has 1 aromatic carbocycles. The van der Waals surface area contributed by atoms with E-state index in [0.29, 0.717) is 19.8 Å². The molecule has 0 atom stereocenters. The number of hydrogen-bond donors (Lipinski definition) is 2. The lowest BCUT2D eigenvalue weighted by atomic mass is 10.2. The Morgan fingerprint density at radius 3 is 2.63 bits per heavy atom. The van der Waals surface area contributed by atoms with Crippen LogP contribution in [0.4, 0.5) is 0 Å². The molecule has 27 heavy (non-hydrogen) atoms. The van der Waals surface area contributed by atoms with Crippen LogP contribution in [-0.2, 0) is 11.3 Å². The fraction of sp³-hybridized carbons (Fsp3) is 0.632. The van der Waals surface area contributed by atoms with Crippen molar-refractivity contribution in [3.63, 3.8) is 0 Å². The third kappa shape index (κ3) is 7.34. The van der Waals surface area contributed by atoms with Crippen LogP contribution in [-0.4, -0.2) is 70.0 Å². The van der Waals surface area contributed by atoms with Gasteiger partial charge in [0.15, 0.2) is 17.5 Å². The summed E-state index contributed by atoms with van der Waals surface area (Å²) in [6.07, 6.45) is 0.916. The van der Waals surface area contributed by atoms with Crippen molar-refractivity contribution < 1.29 is 14.2 Å². The summed E-state index contributed by atoms with van der Waals surface area (Å²) in [5.41, 5.74) is 1.11. The van der Waals surface area contributed by atoms with E-state index in [9.17, 15) is 0 Å². The zero-order valence-corrected chi connectivity index (χ0v) is 18.4. The Hall–Kier alpha value is -1.26. The highest BCUT2D eigenvalue weighted by molar-refractivity contribution is 14.0. The molecule has 2 aliphatic rings. The van der Waals surface area contributed by atoms with Gasteiger partial charge < -0.3 is 24.8 Å². The van der Waals surface area contributed by atoms with Crippen molar-refractivity contribution in [2.75, 3.05) is 59.2 Å². The van der Waals surface area contributed by atoms with Crippen LogP contribution in [0.5, 0.6) is 11.5 Å². The van der Waals surface area contributed by atoms with E-state index in [4.69, 9.17) is 19.2 Å². The molecule has 1 saturated heterocycles. The minimum atomic E-state index is 0. The van der Waals surface area contributed by atoms with E-state index >= 15 is 0 Å². The lowest BCUT2D eigenvalue weighted by molar-refractivity contribution is 0.0389. The lowest BCUT2D eigenvalue weighted by Crippen LogP contribution is -2.44. The molecule has 2 N–H and O–H groups in total. The van der Waals surface area contributed by atoms with Crippen LogP contribution in [0, 0.1) is 0 Å². The predicted molar refractivity (Wildman–Crippen MR) is 118 cm³/mol. The molecule has 3 rings (SSSR count). The van der Waals surface area contributed by atoms with Gasteiger partial charge in [0.2, 0.25) is 0 Å². The summed E-state index contributed by atoms with van der Waals surface area (Å²) in [6, 6.07) is 6.06. The quantitative estimate of drug-likeness (QED) is 0.361. The number of nitrogens with zero attached hydrogens (tertiary/aromatic N) is 2. The number of benzene rings is 1. The van der Waals surface area contributed by atoms with Crippen LogP contribution in [0.25, 0.3) is 0 Å². The first-order chi connectivity index (χ1) is 12.8. The van der Waals surface area contributed by atoms with E-state index < -0.39 is 0 Å². The smallest absolute Gasteiger partial charge is 0.191 e. The largest absolute Gasteiger partial charge is 0.490 e. The number of nitrogens with one attached hydrogen (secondary N) is 2. The van der Waals surface area contributed by atoms with E-state index in [1.807, 2.05) is 18.2 Å². The molecule has 2 heterocycles. The van der Waals surface area contributed by atoms with Gasteiger partial charge in [0.1, 0.15) is 0 Å². The average molecular weight is 490 g/mol. The number of aliphatic imine (C=N–C) groups is 1. The first-order valence-corrected chi connectivity index (χ1v) is 9.56. The molecule has 8 heteroatoms. The van der Waals surface area contributed by atoms with E-state index in [1.165, 1.54) is 0 Å². The van der Waals surface area contributed by atoms with Crippen LogP contribution in [0.3, 0.4) is 0 Å². The molecule has 0 aromatic heterocycles. The number of fused-ring (bicyclic) bond motifs is 1. The maximum atomic E-state index is 5.76. The Morgan fingerprint density at radius 1 is 1.07 bits per heavy atom. The second kappa shape index (κ2) is 12.2. The van der Waals surface area contributed by atoms with Crippen LogP contribution in [0.1, 0.15) is 18.9 Å². The number of halogens is 1. The molecule has 152 valence electrons. The molecule has 0 bridgehead atoms. The molecule has 0 amide bonds. The Labute approximate surface area is 178 Å². The monoisotopic (exact) mass is 490 g/mol. The van der Waals surface area contributed by atoms with Gasteiger partial charge in [0.05, 0.1) is 33.0 Å². The predicted octanol–water partition coefficient (Wildman–Crippen LogP) is 1.85. The zero-order valence-electron chi connectivity index (χ0n) is 16.0. The normalized spacial score (nSPS) is 17.6. The first kappa shape index (κ1) is 22.0. The highest BCUT2D eigenvalue weighted by Gasteiger charge is 2.11. The van der Waals surface area contributed by atoms with Gasteiger partial charge >= 0.3 is 0 Å². The maximum absolute atomic E-state index is 5.76. The highest BCUT2D eigenvalue weighted by atomic mass is 127. The summed E-state index contributed by atoms with van der Waals surface area (Å²) >= 11 is 0. The molecule has 1 fully saturated rings. The van der Waals surface area contributed by atoms with Gasteiger partial charge in [-0.2, -0.15) is 0 Å². The maximum Gasteiger partial charge on any atom is 0.191 e. The van der Waals surface area contributed by atoms with Crippen molar-refractivity contribution in [1.29, 1.82) is 0 Å². The standard InChI is InChI=1S/C19H30N4O3.HI/c1-2-20-19(21-6-7-23-8-12-24-13-9-23)22-15-16-4-5-17-18(14-16)26-11-3-10-25-17;/h4-5,14H,2-3,6-13,15H2,1H3,(H2,20,21,22);1H. The Morgan fingerprint density at radius 2 is 1.85 bits per heavy atom. The van der Waals surface area contributed by atoms with Crippen molar-refractivity contribution in [1.82, 2.24) is 15.5 Å². The third-order valence-electron chi connectivity index (χ3n) is 4.40. The number of morpholine rings is 1. The van der Waals surface area contributed by atoms with Gasteiger partial charge in [-0.25, -0.2) is 4.99 Å². The zero-order chi connectivity index (χ0) is 18.0. The number of guanidine groups is 1. The minimum Gasteiger partial charge on any atom is -0.490 e. The van der Waals surface area contributed by atoms with E-state index in [0.717, 1.165) is 75.4 Å². The molecule has 0 spiro atoms. The molecule has 0 saturated carbocycles. The summed E-state index contributed by atoms with van der Waals surface area (Å²) < 4.78 is 16.8. The third-order valence-corrected chi connectivity index (χ3v) is 4.40. The van der Waals surface area contributed by atoms with Gasteiger partial charge in [-0.05, 0) is 24.6 Å². The molecule has 0 radical (unpaired) electrons. The van der Waals surface area contributed by atoms with Gasteiger partial charge in [-0.1, -0.05) is 6.07 Å². The summed E-state index contributed by atoms with van der Waals surface area (Å²) in [5, 5.41) is 6.71. The van der Waals surface area contributed by atoms with E-state index in [2.05, 4.69) is 22.5 Å². The van der Waals surface area contributed by atoms with Crippen LogP contribution >= 0.6 is 24.0 Å². The van der Waals surface area contributed by atoms with Gasteiger partial charge in [-0.3, -0.25) is 4.90 Å². The number of rotatable bonds is 6. The molecule has 0 unspecified atom stereocenters. The van der Waals surface area contributed by atoms with Crippen LogP contribution in [0.2, 0.25) is 0 Å². The van der Waals surface area contributed by atoms with E-state index in [1.54, 1.807) is 0 Å². The fourth-order valence-electron chi connectivity index (χ4n) is 2.98. The van der Waals surface area contributed by atoms with Crippen LogP contribution in [0.15, 0.2) is 23.2 Å². The van der Waals surface area contributed by atoms with E-state index in [-0.39, 0.29) is 24.0 Å². The molecule has 7 nitrogen and oxygen atoms in total. The summed E-state index contributed by atoms with van der Waals surface area (Å²) in [7, 11) is 0. The minimum absolute atomic E-state index is 0. The van der Waals surface area contributed by atoms with Crippen LogP contribution < -0.4 is 20.1 Å². The summed E-state index contributed by atoms with van der Waals surface area (Å²) in [6.45, 7) is 10.5. The number of ether oxygens (including phenoxy) is 3. The van der Waals surface area contributed by atoms with Crippen molar-refractivity contribution in [2.45, 2.75) is 19.9 Å². The molecule has 1 aromatic rings. The number of hydrogen-bond acceptors (Lipinski definition) is 5. The van der Waals surface area contributed by atoms with Crippen molar-refractivity contribution in [3.8, 4) is 11.5 Å². The average Bonchev–Trinajstić information content (AvgIpc) is 2.92. The Bertz CT molecular complexity index is 594. The SMILES string of the molecule is CCNC(=NCc1ccc2c(c1)OCCCO2)NCCN1CCOCC1.I. The van der Waals surface area contributed by atoms with Crippen molar-refractivity contribution in [3.05, 3.63) is 23.8 Å². The topological polar surface area (TPSA) is 67.4 Å². The van der Waals surface area contributed by atoms with Gasteiger partial charge in [0, 0.05) is 39.1 Å². The van der Waals surface area contributed by atoms with Crippen molar-refractivity contribution >= 4 is 29.9 Å². The summed E-state index contributed by atoms with van der Waals surface area (Å²) in [4.78, 5) is 7.10. The molecule has 0 aliphatic carbocycles. The van der Waals surface area contributed by atoms with Gasteiger partial charge in [-0.15, -0.1) is 24.0 Å². The Balaban J connectivity index is 0.00000261. The molecular weight excluding hydrogens is 459 g/mol. The summed E-state index contributed by atoms with van der Waals surface area (Å²) in [5.74, 6) is 2.49. The second-order valence-corrected chi connectivity index (χ2v) is 6.41. The second-order valence-electron chi connectivity index (χ2n) is 6.41. The van der Waals surface area contributed by atoms with Gasteiger partial charge in [0.25, 0.3) is 0 Å². The first-order valence-electron chi connectivity index (χ1n) is 9.56. The van der Waals surface area contributed by atoms with Crippen molar-refractivity contribution in [2.24, 2.45) is 4.99 Å². The fourth-order valence-corrected chi connectivity index (χ4v) is 2.98.